The molecule has 0 aliphatic carbocycles. The standard InChI is InChI=1S/C11H12Br2O/c1-8-3-2-4-9(10(8)7-13)11(14)5-6-12/h2-4H,5-7H2,1H3. The number of carbonyl (C=O) groups excluding carboxylic acids is 1. The summed E-state index contributed by atoms with van der Waals surface area (Å²) in [5.41, 5.74) is 3.13. The van der Waals surface area contributed by atoms with Crippen LogP contribution in [0.25, 0.3) is 0 Å². The van der Waals surface area contributed by atoms with E-state index in [2.05, 4.69) is 31.9 Å². The van der Waals surface area contributed by atoms with Gasteiger partial charge in [-0.1, -0.05) is 50.1 Å². The first kappa shape index (κ1) is 11.9. The molecule has 0 heterocycles. The van der Waals surface area contributed by atoms with Gasteiger partial charge in [0, 0.05) is 22.6 Å². The molecule has 76 valence electrons. The second-order valence-corrected chi connectivity index (χ2v) is 4.45. The molecule has 1 aromatic carbocycles. The van der Waals surface area contributed by atoms with E-state index in [0.717, 1.165) is 21.8 Å². The summed E-state index contributed by atoms with van der Waals surface area (Å²) in [6, 6.07) is 5.86. The van der Waals surface area contributed by atoms with Gasteiger partial charge in [-0.05, 0) is 18.1 Å². The van der Waals surface area contributed by atoms with Crippen molar-refractivity contribution in [3.8, 4) is 0 Å². The van der Waals surface area contributed by atoms with Crippen molar-refractivity contribution in [3.63, 3.8) is 0 Å². The van der Waals surface area contributed by atoms with Crippen molar-refractivity contribution in [1.82, 2.24) is 0 Å². The Labute approximate surface area is 101 Å². The lowest BCUT2D eigenvalue weighted by Crippen LogP contribution is -2.04. The molecule has 1 aromatic rings. The van der Waals surface area contributed by atoms with Crippen LogP contribution in [0.4, 0.5) is 0 Å². The molecule has 0 aliphatic heterocycles. The molecule has 14 heavy (non-hydrogen) atoms. The van der Waals surface area contributed by atoms with Crippen LogP contribution in [-0.2, 0) is 5.33 Å². The Morgan fingerprint density at radius 3 is 2.64 bits per heavy atom. The zero-order valence-corrected chi connectivity index (χ0v) is 11.2. The number of rotatable bonds is 4. The molecule has 0 N–H and O–H groups in total. The summed E-state index contributed by atoms with van der Waals surface area (Å²) in [5, 5.41) is 1.46. The number of ketones is 1. The van der Waals surface area contributed by atoms with Gasteiger partial charge in [0.15, 0.2) is 5.78 Å². The highest BCUT2D eigenvalue weighted by atomic mass is 79.9. The molecule has 0 unspecified atom stereocenters. The summed E-state index contributed by atoms with van der Waals surface area (Å²) in [6.07, 6.45) is 0.559. The number of hydrogen-bond acceptors (Lipinski definition) is 1. The van der Waals surface area contributed by atoms with Crippen molar-refractivity contribution in [2.45, 2.75) is 18.7 Å². The summed E-state index contributed by atoms with van der Waals surface area (Å²) < 4.78 is 0. The van der Waals surface area contributed by atoms with Gasteiger partial charge in [0.05, 0.1) is 0 Å². The first-order chi connectivity index (χ1) is 6.70. The minimum absolute atomic E-state index is 0.208. The highest BCUT2D eigenvalue weighted by Gasteiger charge is 2.11. The van der Waals surface area contributed by atoms with E-state index >= 15 is 0 Å². The van der Waals surface area contributed by atoms with Crippen LogP contribution in [0.2, 0.25) is 0 Å². The van der Waals surface area contributed by atoms with Crippen LogP contribution in [0, 0.1) is 6.92 Å². The average molecular weight is 320 g/mol. The normalized spacial score (nSPS) is 10.2. The minimum atomic E-state index is 0.208. The molecule has 1 rings (SSSR count). The Balaban J connectivity index is 3.07. The summed E-state index contributed by atoms with van der Waals surface area (Å²) in [4.78, 5) is 11.7. The molecular formula is C11H12Br2O. The molecule has 0 bridgehead atoms. The van der Waals surface area contributed by atoms with Gasteiger partial charge >= 0.3 is 0 Å². The Kier molecular flexibility index (Phi) is 4.82. The molecule has 1 nitrogen and oxygen atoms in total. The third-order valence-electron chi connectivity index (χ3n) is 2.17. The lowest BCUT2D eigenvalue weighted by molar-refractivity contribution is 0.0989. The summed E-state index contributed by atoms with van der Waals surface area (Å²) in [5.74, 6) is 0.208. The number of alkyl halides is 2. The van der Waals surface area contributed by atoms with Crippen LogP contribution in [0.15, 0.2) is 18.2 Å². The van der Waals surface area contributed by atoms with Gasteiger partial charge in [-0.3, -0.25) is 4.79 Å². The maximum absolute atomic E-state index is 11.7. The average Bonchev–Trinajstić information content (AvgIpc) is 2.17. The van der Waals surface area contributed by atoms with Crippen molar-refractivity contribution in [2.24, 2.45) is 0 Å². The third kappa shape index (κ3) is 2.67. The molecule has 0 atom stereocenters. The number of carbonyl (C=O) groups is 1. The highest BCUT2D eigenvalue weighted by molar-refractivity contribution is 9.09. The van der Waals surface area contributed by atoms with E-state index in [0.29, 0.717) is 6.42 Å². The molecule has 3 heteroatoms. The van der Waals surface area contributed by atoms with E-state index in [-0.39, 0.29) is 5.78 Å². The van der Waals surface area contributed by atoms with E-state index < -0.39 is 0 Å². The fourth-order valence-electron chi connectivity index (χ4n) is 1.36. The second-order valence-electron chi connectivity index (χ2n) is 3.10. The van der Waals surface area contributed by atoms with Gasteiger partial charge < -0.3 is 0 Å². The van der Waals surface area contributed by atoms with Gasteiger partial charge in [0.1, 0.15) is 0 Å². The van der Waals surface area contributed by atoms with Gasteiger partial charge in [0.2, 0.25) is 0 Å². The molecule has 0 spiro atoms. The van der Waals surface area contributed by atoms with Crippen LogP contribution in [0.1, 0.15) is 27.9 Å². The largest absolute Gasteiger partial charge is 0.294 e. The molecule has 0 saturated heterocycles. The van der Waals surface area contributed by atoms with Crippen molar-refractivity contribution >= 4 is 37.6 Å². The summed E-state index contributed by atoms with van der Waals surface area (Å²) in [6.45, 7) is 2.03. The smallest absolute Gasteiger partial charge is 0.164 e. The Morgan fingerprint density at radius 1 is 1.36 bits per heavy atom. The van der Waals surface area contributed by atoms with Gasteiger partial charge in [0.25, 0.3) is 0 Å². The highest BCUT2D eigenvalue weighted by Crippen LogP contribution is 2.19. The van der Waals surface area contributed by atoms with Crippen LogP contribution < -0.4 is 0 Å². The molecular weight excluding hydrogens is 308 g/mol. The van der Waals surface area contributed by atoms with Gasteiger partial charge in [-0.25, -0.2) is 0 Å². The van der Waals surface area contributed by atoms with Crippen molar-refractivity contribution < 1.29 is 4.79 Å². The predicted octanol–water partition coefficient (Wildman–Crippen LogP) is 3.86. The monoisotopic (exact) mass is 318 g/mol. The first-order valence-electron chi connectivity index (χ1n) is 4.44. The lowest BCUT2D eigenvalue weighted by Gasteiger charge is -2.08. The summed E-state index contributed by atoms with van der Waals surface area (Å²) >= 11 is 6.69. The zero-order chi connectivity index (χ0) is 10.6. The SMILES string of the molecule is Cc1cccc(C(=O)CCBr)c1CBr. The topological polar surface area (TPSA) is 17.1 Å². The predicted molar refractivity (Wildman–Crippen MR) is 66.6 cm³/mol. The van der Waals surface area contributed by atoms with Crippen LogP contribution in [0.5, 0.6) is 0 Å². The number of halogens is 2. The van der Waals surface area contributed by atoms with E-state index in [9.17, 15) is 4.79 Å². The van der Waals surface area contributed by atoms with E-state index in [4.69, 9.17) is 0 Å². The fraction of sp³-hybridized carbons (Fsp3) is 0.364. The number of benzene rings is 1. The van der Waals surface area contributed by atoms with Crippen molar-refractivity contribution in [3.05, 3.63) is 34.9 Å². The van der Waals surface area contributed by atoms with Crippen LogP contribution in [-0.4, -0.2) is 11.1 Å². The molecule has 0 saturated carbocycles. The maximum atomic E-state index is 11.7. The van der Waals surface area contributed by atoms with E-state index in [1.54, 1.807) is 0 Å². The van der Waals surface area contributed by atoms with Crippen molar-refractivity contribution in [2.75, 3.05) is 5.33 Å². The quantitative estimate of drug-likeness (QED) is 0.608. The summed E-state index contributed by atoms with van der Waals surface area (Å²) in [7, 11) is 0. The molecule has 0 amide bonds. The molecule has 0 fully saturated rings. The van der Waals surface area contributed by atoms with Gasteiger partial charge in [-0.15, -0.1) is 0 Å². The zero-order valence-electron chi connectivity index (χ0n) is 8.02. The molecule has 0 aliphatic rings. The Hall–Kier alpha value is -0.150. The Morgan fingerprint density at radius 2 is 2.07 bits per heavy atom. The molecule has 0 radical (unpaired) electrons. The van der Waals surface area contributed by atoms with Crippen LogP contribution >= 0.6 is 31.9 Å². The van der Waals surface area contributed by atoms with Crippen LogP contribution in [0.3, 0.4) is 0 Å². The number of aryl methyl sites for hydroxylation is 1. The molecule has 0 aromatic heterocycles. The number of hydrogen-bond donors (Lipinski definition) is 0. The van der Waals surface area contributed by atoms with Crippen molar-refractivity contribution in [1.29, 1.82) is 0 Å². The number of Topliss-reactive ketones (excluding diaryl/α,β-unsaturated/α-hetero) is 1. The van der Waals surface area contributed by atoms with Gasteiger partial charge in [-0.2, -0.15) is 0 Å². The Bertz CT molecular complexity index is 334. The first-order valence-corrected chi connectivity index (χ1v) is 6.68. The third-order valence-corrected chi connectivity index (χ3v) is 3.12. The maximum Gasteiger partial charge on any atom is 0.164 e. The fourth-order valence-corrected chi connectivity index (χ4v) is 2.47. The second kappa shape index (κ2) is 5.66. The minimum Gasteiger partial charge on any atom is -0.294 e. The lowest BCUT2D eigenvalue weighted by atomic mass is 9.99. The van der Waals surface area contributed by atoms with E-state index in [1.165, 1.54) is 5.56 Å². The van der Waals surface area contributed by atoms with E-state index in [1.807, 2.05) is 25.1 Å².